The lowest BCUT2D eigenvalue weighted by atomic mass is 10.1. The lowest BCUT2D eigenvalue weighted by Gasteiger charge is -2.26. The van der Waals surface area contributed by atoms with Crippen LogP contribution < -0.4 is 0 Å². The summed E-state index contributed by atoms with van der Waals surface area (Å²) in [6, 6.07) is 77.2. The molecule has 2 fully saturated rings. The highest BCUT2D eigenvalue weighted by molar-refractivity contribution is 6.40. The van der Waals surface area contributed by atoms with E-state index in [0.29, 0.717) is 136 Å². The van der Waals surface area contributed by atoms with Gasteiger partial charge in [0, 0.05) is 77.7 Å². The maximum Gasteiger partial charge on any atom is 0.325 e. The molecule has 0 spiro atoms. The molecule has 0 radical (unpaired) electrons. The topological polar surface area (TPSA) is 282 Å². The van der Waals surface area contributed by atoms with Crippen LogP contribution in [0.25, 0.3) is 134 Å². The minimum atomic E-state index is -1.01. The monoisotopic (exact) mass is 1630 g/mol. The lowest BCUT2D eigenvalue weighted by molar-refractivity contribution is -0.138. The zero-order valence-corrected chi connectivity index (χ0v) is 65.9. The van der Waals surface area contributed by atoms with Crippen molar-refractivity contribution in [1.29, 1.82) is 0 Å². The van der Waals surface area contributed by atoms with Crippen LogP contribution in [0, 0.1) is 12.3 Å². The number of amides is 3. The van der Waals surface area contributed by atoms with E-state index in [9.17, 15) is 19.2 Å². The summed E-state index contributed by atoms with van der Waals surface area (Å²) in [6.07, 6.45) is 7.41. The number of hydrogen-bond acceptors (Lipinski definition) is 17. The molecule has 0 unspecified atom stereocenters. The molecular formula is C88H71Cl4N19O6. The number of morpholine rings is 1. The molecule has 0 bridgehead atoms. The first-order valence-electron chi connectivity index (χ1n) is 37.4. The largest absolute Gasteiger partial charge is 0.480 e. The van der Waals surface area contributed by atoms with Gasteiger partial charge in [-0.3, -0.25) is 19.2 Å². The molecule has 29 heteroatoms. The van der Waals surface area contributed by atoms with Gasteiger partial charge in [0.2, 0.25) is 17.7 Å². The number of hydrogen-bond donors (Lipinski definition) is 1. The fraction of sp³-hybridized carbons (Fsp3) is 0.159. The summed E-state index contributed by atoms with van der Waals surface area (Å²) in [5.41, 5.74) is 13.7. The maximum absolute atomic E-state index is 12.9. The summed E-state index contributed by atoms with van der Waals surface area (Å²) in [7, 11) is 1.65. The quantitative estimate of drug-likeness (QED) is 0.0829. The SMILES string of the molecule is C#CCN(C)C(=O)Cn1nc(-c2ccccc2)c2c(Cl)c(-c3ccccc3)nnc21.O=C(Cn1nc(-c2ccccc2)c2c(Cl)c(-c3ccccc3)nnc21)N1CCCC1.O=C(Cn1nc(-c2ccccc2)c2c(Cl)c(-c3ccccc3)nnc21)N1CCOCC1.O=C(O)Cn1nc(-c2ccccc2)c2c(Cl)c(-c3ccccc3)nnc21. The number of carboxylic acids is 1. The highest BCUT2D eigenvalue weighted by Crippen LogP contribution is 2.42. The number of nitrogens with zero attached hydrogens (tertiary/aromatic N) is 19. The molecule has 2 aliphatic heterocycles. The van der Waals surface area contributed by atoms with Gasteiger partial charge in [-0.15, -0.1) is 47.2 Å². The maximum atomic E-state index is 12.9. The lowest BCUT2D eigenvalue weighted by Crippen LogP contribution is -2.42. The van der Waals surface area contributed by atoms with Gasteiger partial charge in [0.25, 0.3) is 0 Å². The summed E-state index contributed by atoms with van der Waals surface area (Å²) in [4.78, 5) is 54.5. The molecule has 0 atom stereocenters. The Hall–Kier alpha value is -13.5. The minimum absolute atomic E-state index is 0.0167. The van der Waals surface area contributed by atoms with Crippen LogP contribution in [0.1, 0.15) is 12.8 Å². The van der Waals surface area contributed by atoms with Gasteiger partial charge in [0.05, 0.1) is 61.4 Å². The van der Waals surface area contributed by atoms with Crippen molar-refractivity contribution in [2.24, 2.45) is 0 Å². The van der Waals surface area contributed by atoms with Crippen molar-refractivity contribution in [2.45, 2.75) is 39.0 Å². The molecule has 2 saturated heterocycles. The molecule has 0 aliphatic carbocycles. The van der Waals surface area contributed by atoms with Crippen molar-refractivity contribution in [2.75, 3.05) is 53.0 Å². The average Bonchev–Trinajstić information content (AvgIpc) is 1.64. The van der Waals surface area contributed by atoms with Gasteiger partial charge in [-0.1, -0.05) is 295 Å². The van der Waals surface area contributed by atoms with Crippen LogP contribution in [0.15, 0.2) is 243 Å². The third-order valence-corrected chi connectivity index (χ3v) is 21.0. The summed E-state index contributed by atoms with van der Waals surface area (Å²) in [6.45, 7) is 3.92. The predicted molar refractivity (Wildman–Crippen MR) is 452 cm³/mol. The van der Waals surface area contributed by atoms with Crippen molar-refractivity contribution in [3.05, 3.63) is 263 Å². The molecular weight excluding hydrogens is 1560 g/mol. The third-order valence-electron chi connectivity index (χ3n) is 19.5. The fourth-order valence-corrected chi connectivity index (χ4v) is 14.9. The number of fused-ring (bicyclic) bond motifs is 4. The number of benzene rings is 8. The first kappa shape index (κ1) is 78.8. The number of carboxylic acid groups (broad SMARTS) is 1. The molecule has 0 saturated carbocycles. The van der Waals surface area contributed by atoms with Crippen LogP contribution in [0.2, 0.25) is 20.1 Å². The van der Waals surface area contributed by atoms with Gasteiger partial charge in [-0.25, -0.2) is 18.7 Å². The molecule has 8 aromatic heterocycles. The van der Waals surface area contributed by atoms with E-state index in [1.54, 1.807) is 21.3 Å². The summed E-state index contributed by atoms with van der Waals surface area (Å²) in [5.74, 6) is 1.28. The van der Waals surface area contributed by atoms with Crippen LogP contribution in [0.5, 0.6) is 0 Å². The summed E-state index contributed by atoms with van der Waals surface area (Å²) >= 11 is 27.2. The normalized spacial score (nSPS) is 12.5. The van der Waals surface area contributed by atoms with E-state index in [2.05, 4.69) is 56.9 Å². The standard InChI is InChI=1S/C23H20ClN5O2.C23H20ClN5O.C23H18ClN5O.C19H13ClN4O2/c24-20-19-21(16-7-3-1-4-8-16)27-29(15-18(30)28-11-13-31-14-12-28)23(19)26-25-22(20)17-9-5-2-6-10-17;24-20-19-21(16-9-3-1-4-10-16)27-29(15-18(30)28-13-7-8-14-28)23(19)26-25-22(20)17-11-5-2-6-12-17;1-3-14-28(2)18(30)15-29-23-19(21(27-29)16-10-6-4-7-11-16)20(24)22(25-26-23)17-12-8-5-9-13-17;20-16-15-17(12-7-3-1-4-8-12)23-24(11-14(25)26)19(15)22-21-18(16)13-9-5-2-6-10-13/h1-10H,11-15H2;1-6,9-12H,7-8,13-15H2;1,4-13H,14-15H2,2H3;1-10H,11H2,(H,25,26). The summed E-state index contributed by atoms with van der Waals surface area (Å²) in [5, 5.41) is 67.0. The zero-order valence-electron chi connectivity index (χ0n) is 62.9. The van der Waals surface area contributed by atoms with Crippen molar-refractivity contribution >= 4 is 114 Å². The van der Waals surface area contributed by atoms with E-state index in [1.165, 1.54) is 14.3 Å². The second-order valence-corrected chi connectivity index (χ2v) is 28.6. The molecule has 1 N–H and O–H groups in total. The van der Waals surface area contributed by atoms with Gasteiger partial charge in [-0.05, 0) is 12.8 Å². The highest BCUT2D eigenvalue weighted by Gasteiger charge is 2.29. The van der Waals surface area contributed by atoms with Crippen LogP contribution in [0.3, 0.4) is 0 Å². The second kappa shape index (κ2) is 36.3. The Morgan fingerprint density at radius 3 is 0.855 bits per heavy atom. The van der Waals surface area contributed by atoms with Crippen molar-refractivity contribution in [3.8, 4) is 102 Å². The number of aromatic nitrogens is 16. The van der Waals surface area contributed by atoms with E-state index in [1.807, 2.05) is 248 Å². The van der Waals surface area contributed by atoms with Crippen LogP contribution >= 0.6 is 46.4 Å². The molecule has 2 aliphatic rings. The van der Waals surface area contributed by atoms with Crippen LogP contribution in [-0.4, -0.2) is 176 Å². The Bertz CT molecular complexity index is 6290. The molecule has 582 valence electrons. The van der Waals surface area contributed by atoms with E-state index >= 15 is 0 Å². The number of ether oxygens (including phenoxy) is 1. The fourth-order valence-electron chi connectivity index (χ4n) is 13.7. The molecule has 16 aromatic rings. The Morgan fingerprint density at radius 2 is 0.598 bits per heavy atom. The second-order valence-electron chi connectivity index (χ2n) is 27.1. The summed E-state index contributed by atoms with van der Waals surface area (Å²) < 4.78 is 11.4. The first-order chi connectivity index (χ1) is 57.2. The number of likely N-dealkylation sites (tertiary alicyclic amines) is 1. The Morgan fingerprint density at radius 1 is 0.359 bits per heavy atom. The smallest absolute Gasteiger partial charge is 0.325 e. The van der Waals surface area contributed by atoms with Crippen molar-refractivity contribution in [1.82, 2.24) is 94.6 Å². The van der Waals surface area contributed by atoms with E-state index < -0.39 is 5.97 Å². The van der Waals surface area contributed by atoms with Gasteiger partial charge in [0.1, 0.15) is 71.7 Å². The number of likely N-dealkylation sites (N-methyl/N-ethyl adjacent to an activating group) is 1. The number of carbonyl (C=O) groups excluding carboxylic acids is 3. The van der Waals surface area contributed by atoms with Gasteiger partial charge >= 0.3 is 5.97 Å². The average molecular weight is 1630 g/mol. The van der Waals surface area contributed by atoms with Crippen molar-refractivity contribution in [3.63, 3.8) is 0 Å². The van der Waals surface area contributed by atoms with Crippen LogP contribution in [0.4, 0.5) is 0 Å². The molecule has 18 rings (SSSR count). The Labute approximate surface area is 690 Å². The van der Waals surface area contributed by atoms with Gasteiger partial charge in [-0.2, -0.15) is 20.4 Å². The Balaban J connectivity index is 0.000000122. The van der Waals surface area contributed by atoms with Gasteiger partial charge in [0.15, 0.2) is 22.6 Å². The number of halogens is 4. The van der Waals surface area contributed by atoms with E-state index in [4.69, 9.17) is 72.9 Å². The van der Waals surface area contributed by atoms with E-state index in [-0.39, 0.29) is 50.4 Å². The molecule has 25 nitrogen and oxygen atoms in total. The third kappa shape index (κ3) is 17.3. The number of aliphatic carboxylic acids is 1. The highest BCUT2D eigenvalue weighted by atomic mass is 35.5. The number of rotatable bonds is 17. The zero-order chi connectivity index (χ0) is 80.9. The first-order valence-corrected chi connectivity index (χ1v) is 38.9. The minimum Gasteiger partial charge on any atom is -0.480 e. The van der Waals surface area contributed by atoms with E-state index in [0.717, 1.165) is 70.4 Å². The van der Waals surface area contributed by atoms with Gasteiger partial charge < -0.3 is 24.5 Å². The molecule has 10 heterocycles. The predicted octanol–water partition coefficient (Wildman–Crippen LogP) is 15.9. The molecule has 8 aromatic carbocycles. The van der Waals surface area contributed by atoms with Crippen LogP contribution in [-0.2, 0) is 50.1 Å². The Kier molecular flexibility index (Phi) is 24.5. The number of carbonyl (C=O) groups is 4. The number of terminal acetylenes is 1. The molecule has 117 heavy (non-hydrogen) atoms. The molecule has 3 amide bonds. The van der Waals surface area contributed by atoms with Crippen molar-refractivity contribution < 1.29 is 29.0 Å².